The first-order valence-corrected chi connectivity index (χ1v) is 6.58. The van der Waals surface area contributed by atoms with Gasteiger partial charge < -0.3 is 0 Å². The molecule has 88 valence electrons. The minimum Gasteiger partial charge on any atom is -0.294 e. The monoisotopic (exact) mass is 218 g/mol. The van der Waals surface area contributed by atoms with Gasteiger partial charge in [0.2, 0.25) is 0 Å². The fraction of sp³-hybridized carbons (Fsp3) is 0.800. The van der Waals surface area contributed by atoms with Gasteiger partial charge >= 0.3 is 0 Å². The Balaban J connectivity index is 2.18. The van der Waals surface area contributed by atoms with Crippen molar-refractivity contribution in [2.24, 2.45) is 22.2 Å². The zero-order valence-electron chi connectivity index (χ0n) is 10.9. The first-order valence-electron chi connectivity index (χ1n) is 6.58. The largest absolute Gasteiger partial charge is 0.294 e. The Morgan fingerprint density at radius 1 is 1.25 bits per heavy atom. The van der Waals surface area contributed by atoms with Crippen molar-refractivity contribution in [1.29, 1.82) is 0 Å². The van der Waals surface area contributed by atoms with Crippen molar-refractivity contribution < 1.29 is 4.79 Å². The summed E-state index contributed by atoms with van der Waals surface area (Å²) >= 11 is 0. The zero-order valence-corrected chi connectivity index (χ0v) is 10.9. The first-order chi connectivity index (χ1) is 7.35. The normalized spacial score (nSPS) is 49.1. The van der Waals surface area contributed by atoms with Crippen LogP contribution in [0.15, 0.2) is 11.6 Å². The van der Waals surface area contributed by atoms with Crippen LogP contribution >= 0.6 is 0 Å². The molecule has 0 aromatic heterocycles. The highest BCUT2D eigenvalue weighted by Gasteiger charge is 2.75. The molecule has 3 aliphatic rings. The second kappa shape index (κ2) is 2.63. The van der Waals surface area contributed by atoms with Gasteiger partial charge in [0.05, 0.1) is 0 Å². The molecule has 3 rings (SSSR count). The average molecular weight is 218 g/mol. The average Bonchev–Trinajstić information content (AvgIpc) is 2.90. The molecule has 1 nitrogen and oxygen atoms in total. The van der Waals surface area contributed by atoms with Crippen molar-refractivity contribution in [2.45, 2.75) is 53.4 Å². The number of allylic oxidation sites excluding steroid dienone is 2. The van der Waals surface area contributed by atoms with Gasteiger partial charge in [-0.25, -0.2) is 0 Å². The Morgan fingerprint density at radius 3 is 2.62 bits per heavy atom. The molecule has 0 unspecified atom stereocenters. The fourth-order valence-corrected chi connectivity index (χ4v) is 5.06. The van der Waals surface area contributed by atoms with E-state index >= 15 is 0 Å². The van der Waals surface area contributed by atoms with Crippen LogP contribution in [-0.2, 0) is 4.79 Å². The summed E-state index contributed by atoms with van der Waals surface area (Å²) in [5.41, 5.74) is 1.93. The van der Waals surface area contributed by atoms with E-state index in [0.717, 1.165) is 6.42 Å². The highest BCUT2D eigenvalue weighted by Crippen LogP contribution is 2.79. The van der Waals surface area contributed by atoms with Gasteiger partial charge in [-0.1, -0.05) is 32.8 Å². The quantitative estimate of drug-likeness (QED) is 0.605. The molecule has 3 aliphatic carbocycles. The first kappa shape index (κ1) is 10.6. The van der Waals surface area contributed by atoms with E-state index in [-0.39, 0.29) is 5.41 Å². The van der Waals surface area contributed by atoms with Crippen molar-refractivity contribution in [3.05, 3.63) is 11.6 Å². The predicted molar refractivity (Wildman–Crippen MR) is 65.0 cm³/mol. The van der Waals surface area contributed by atoms with Crippen LogP contribution in [0.2, 0.25) is 0 Å². The summed E-state index contributed by atoms with van der Waals surface area (Å²) in [6.07, 6.45) is 6.81. The molecular formula is C15H22O. The van der Waals surface area contributed by atoms with Crippen molar-refractivity contribution in [2.75, 3.05) is 0 Å². The minimum absolute atomic E-state index is 0.0566. The Labute approximate surface area is 98.3 Å². The molecular weight excluding hydrogens is 196 g/mol. The van der Waals surface area contributed by atoms with Crippen molar-refractivity contribution in [1.82, 2.24) is 0 Å². The van der Waals surface area contributed by atoms with Crippen LogP contribution in [0, 0.1) is 22.2 Å². The smallest absolute Gasteiger partial charge is 0.162 e. The molecule has 1 spiro atoms. The van der Waals surface area contributed by atoms with E-state index in [1.807, 2.05) is 6.08 Å². The second-order valence-electron chi connectivity index (χ2n) is 7.05. The number of carbonyl (C=O) groups excluding carboxylic acids is 1. The van der Waals surface area contributed by atoms with Crippen LogP contribution in [0.25, 0.3) is 0 Å². The van der Waals surface area contributed by atoms with Gasteiger partial charge in [-0.15, -0.1) is 0 Å². The molecule has 0 saturated heterocycles. The molecule has 2 saturated carbocycles. The summed E-state index contributed by atoms with van der Waals surface area (Å²) in [6, 6.07) is 0. The molecule has 0 heterocycles. The summed E-state index contributed by atoms with van der Waals surface area (Å²) in [4.78, 5) is 12.4. The molecule has 3 atom stereocenters. The Hall–Kier alpha value is -0.590. The molecule has 0 bridgehead atoms. The van der Waals surface area contributed by atoms with Gasteiger partial charge in [0.15, 0.2) is 5.78 Å². The number of hydrogen-bond acceptors (Lipinski definition) is 1. The van der Waals surface area contributed by atoms with Crippen LogP contribution in [0.3, 0.4) is 0 Å². The van der Waals surface area contributed by atoms with E-state index in [1.165, 1.54) is 24.8 Å². The number of hydrogen-bond donors (Lipinski definition) is 0. The summed E-state index contributed by atoms with van der Waals surface area (Å²) < 4.78 is 0. The van der Waals surface area contributed by atoms with Gasteiger partial charge in [-0.2, -0.15) is 0 Å². The van der Waals surface area contributed by atoms with Crippen LogP contribution in [0.4, 0.5) is 0 Å². The molecule has 16 heavy (non-hydrogen) atoms. The van der Waals surface area contributed by atoms with Crippen LogP contribution in [0.1, 0.15) is 53.4 Å². The molecule has 2 fully saturated rings. The maximum Gasteiger partial charge on any atom is 0.162 e. The summed E-state index contributed by atoms with van der Waals surface area (Å²) in [5.74, 6) is 1.11. The highest BCUT2D eigenvalue weighted by molar-refractivity contribution is 5.98. The standard InChI is InChI=1S/C15H22O/c1-10-8-12(16)14(4)7-5-6-13(2,3)15(14)9-11(10)15/h8,11H,5-7,9H2,1-4H3/t11-,14-,15-/m1/s1. The van der Waals surface area contributed by atoms with E-state index in [9.17, 15) is 4.79 Å². The SMILES string of the molecule is CC1=CC(=O)[C@@]2(C)CCCC(C)(C)[C@]23C[C@H]13. The lowest BCUT2D eigenvalue weighted by Gasteiger charge is -2.53. The van der Waals surface area contributed by atoms with Crippen LogP contribution in [-0.4, -0.2) is 5.78 Å². The van der Waals surface area contributed by atoms with Gasteiger partial charge in [0.25, 0.3) is 0 Å². The van der Waals surface area contributed by atoms with Crippen LogP contribution in [0.5, 0.6) is 0 Å². The summed E-state index contributed by atoms with van der Waals surface area (Å²) in [6.45, 7) is 9.16. The van der Waals surface area contributed by atoms with Gasteiger partial charge in [0.1, 0.15) is 0 Å². The van der Waals surface area contributed by atoms with E-state index in [1.54, 1.807) is 0 Å². The second-order valence-corrected chi connectivity index (χ2v) is 7.05. The van der Waals surface area contributed by atoms with E-state index in [2.05, 4.69) is 27.7 Å². The Bertz CT molecular complexity index is 404. The van der Waals surface area contributed by atoms with Crippen molar-refractivity contribution in [3.63, 3.8) is 0 Å². The number of carbonyl (C=O) groups is 1. The van der Waals surface area contributed by atoms with E-state index in [0.29, 0.717) is 22.5 Å². The third-order valence-corrected chi connectivity index (χ3v) is 6.08. The van der Waals surface area contributed by atoms with Crippen molar-refractivity contribution >= 4 is 5.78 Å². The van der Waals surface area contributed by atoms with Crippen LogP contribution < -0.4 is 0 Å². The summed E-state index contributed by atoms with van der Waals surface area (Å²) in [7, 11) is 0. The maximum atomic E-state index is 12.4. The fourth-order valence-electron chi connectivity index (χ4n) is 5.06. The molecule has 0 radical (unpaired) electrons. The topological polar surface area (TPSA) is 17.1 Å². The lowest BCUT2D eigenvalue weighted by molar-refractivity contribution is -0.138. The van der Waals surface area contributed by atoms with E-state index < -0.39 is 0 Å². The van der Waals surface area contributed by atoms with Crippen molar-refractivity contribution in [3.8, 4) is 0 Å². The summed E-state index contributed by atoms with van der Waals surface area (Å²) in [5, 5.41) is 0. The number of ketones is 1. The molecule has 0 amide bonds. The highest BCUT2D eigenvalue weighted by atomic mass is 16.1. The minimum atomic E-state index is -0.0566. The molecule has 0 aromatic rings. The molecule has 0 aromatic carbocycles. The maximum absolute atomic E-state index is 12.4. The Kier molecular flexibility index (Phi) is 1.73. The lowest BCUT2D eigenvalue weighted by atomic mass is 9.49. The lowest BCUT2D eigenvalue weighted by Crippen LogP contribution is -2.51. The molecule has 1 heteroatoms. The molecule has 0 N–H and O–H groups in total. The van der Waals surface area contributed by atoms with Gasteiger partial charge in [-0.3, -0.25) is 4.79 Å². The zero-order chi connectivity index (χ0) is 11.8. The van der Waals surface area contributed by atoms with E-state index in [4.69, 9.17) is 0 Å². The third kappa shape index (κ3) is 0.881. The molecule has 0 aliphatic heterocycles. The van der Waals surface area contributed by atoms with Gasteiger partial charge in [-0.05, 0) is 49.0 Å². The number of rotatable bonds is 0. The van der Waals surface area contributed by atoms with Gasteiger partial charge in [0, 0.05) is 5.41 Å². The predicted octanol–water partition coefficient (Wildman–Crippen LogP) is 3.74. The Morgan fingerprint density at radius 2 is 1.94 bits per heavy atom. The third-order valence-electron chi connectivity index (χ3n) is 6.08.